The van der Waals surface area contributed by atoms with E-state index in [0.717, 1.165) is 5.33 Å². The first kappa shape index (κ1) is 13.1. The van der Waals surface area contributed by atoms with Crippen molar-refractivity contribution in [2.75, 3.05) is 5.33 Å². The Morgan fingerprint density at radius 1 is 0.818 bits per heavy atom. The monoisotopic (exact) mass is 428 g/mol. The molecule has 0 saturated carbocycles. The third-order valence-electron chi connectivity index (χ3n) is 1.34. The molecule has 0 rings (SSSR count). The van der Waals surface area contributed by atoms with Gasteiger partial charge in [-0.15, -0.1) is 0 Å². The molecule has 0 atom stereocenters. The van der Waals surface area contributed by atoms with Crippen molar-refractivity contribution in [3.05, 3.63) is 0 Å². The van der Waals surface area contributed by atoms with E-state index in [4.69, 9.17) is 0 Å². The molecule has 0 N–H and O–H groups in total. The fourth-order valence-corrected chi connectivity index (χ4v) is 4.34. The number of rotatable bonds is 6. The minimum atomic E-state index is -1.29. The zero-order valence-corrected chi connectivity index (χ0v) is 13.6. The second kappa shape index (κ2) is 7.53. The van der Waals surface area contributed by atoms with Crippen molar-refractivity contribution < 1.29 is 0 Å². The number of halogens is 4. The maximum absolute atomic E-state index is 3.61. The summed E-state index contributed by atoms with van der Waals surface area (Å²) in [6.07, 6.45) is 5.33. The fourth-order valence-electron chi connectivity index (χ4n) is 0.773. The van der Waals surface area contributed by atoms with E-state index < -0.39 is 3.93 Å². The van der Waals surface area contributed by atoms with E-state index in [1.54, 1.807) is 0 Å². The van der Waals surface area contributed by atoms with E-state index in [9.17, 15) is 0 Å². The Hall–Kier alpha value is 2.14. The maximum atomic E-state index is 3.61. The Morgan fingerprint density at radius 2 is 1.36 bits per heavy atom. The molecule has 11 heavy (non-hydrogen) atoms. The highest BCUT2D eigenvalue weighted by molar-refractivity contribution is 9.72. The van der Waals surface area contributed by atoms with Crippen LogP contribution in [0.4, 0.5) is 0 Å². The van der Waals surface area contributed by atoms with E-state index in [1.807, 2.05) is 0 Å². The van der Waals surface area contributed by atoms with Crippen LogP contribution in [0.15, 0.2) is 0 Å². The van der Waals surface area contributed by atoms with Crippen molar-refractivity contribution in [3.63, 3.8) is 0 Å². The van der Waals surface area contributed by atoms with Gasteiger partial charge in [-0.25, -0.2) is 0 Å². The third kappa shape index (κ3) is 12.1. The normalized spacial score (nSPS) is 12.0. The van der Waals surface area contributed by atoms with Crippen LogP contribution in [0.3, 0.4) is 0 Å². The highest BCUT2D eigenvalue weighted by Gasteiger charge is 2.20. The second-order valence-electron chi connectivity index (χ2n) is 2.47. The topological polar surface area (TPSA) is 0 Å². The predicted octanol–water partition coefficient (Wildman–Crippen LogP) is 5.07. The quantitative estimate of drug-likeness (QED) is 0.238. The molecule has 0 spiro atoms. The summed E-state index contributed by atoms with van der Waals surface area (Å²) in [4.78, 5) is 0. The average molecular weight is 432 g/mol. The molecule has 0 aromatic carbocycles. The zero-order valence-electron chi connectivity index (χ0n) is 6.25. The van der Waals surface area contributed by atoms with Crippen LogP contribution in [0.5, 0.6) is 0 Å². The van der Waals surface area contributed by atoms with Gasteiger partial charge in [0.25, 0.3) is 3.93 Å². The summed E-state index contributed by atoms with van der Waals surface area (Å²) in [6, 6.07) is 1.26. The second-order valence-corrected chi connectivity index (χ2v) is 26.8. The standard InChI is InChI=1S/C6H12Br4Si/c7-5-3-1-2-4-6-11(8,9)10/h1-6H2. The number of alkyl halides is 1. The van der Waals surface area contributed by atoms with Crippen molar-refractivity contribution in [1.29, 1.82) is 0 Å². The highest BCUT2D eigenvalue weighted by Crippen LogP contribution is 2.33. The van der Waals surface area contributed by atoms with Crippen LogP contribution in [0.2, 0.25) is 6.04 Å². The number of unbranched alkanes of at least 4 members (excludes halogenated alkanes) is 3. The van der Waals surface area contributed by atoms with Crippen molar-refractivity contribution in [2.24, 2.45) is 0 Å². The Bertz CT molecular complexity index is 91.1. The molecule has 0 aromatic heterocycles. The zero-order chi connectivity index (χ0) is 8.74. The lowest BCUT2D eigenvalue weighted by molar-refractivity contribution is 0.707. The number of hydrogen-bond acceptors (Lipinski definition) is 0. The van der Waals surface area contributed by atoms with Crippen molar-refractivity contribution in [2.45, 2.75) is 31.7 Å². The van der Waals surface area contributed by atoms with Gasteiger partial charge in [0, 0.05) is 5.33 Å². The summed E-state index contributed by atoms with van der Waals surface area (Å²) in [5.41, 5.74) is 0. The maximum Gasteiger partial charge on any atom is 0.267 e. The molecule has 0 heterocycles. The van der Waals surface area contributed by atoms with E-state index in [0.29, 0.717) is 0 Å². The Labute approximate surface area is 102 Å². The molecule has 0 unspecified atom stereocenters. The minimum absolute atomic E-state index is 1.15. The molecule has 0 fully saturated rings. The molecule has 0 bridgehead atoms. The van der Waals surface area contributed by atoms with Gasteiger partial charge in [0.2, 0.25) is 0 Å². The number of hydrogen-bond donors (Lipinski definition) is 0. The first-order chi connectivity index (χ1) is 5.06. The summed E-state index contributed by atoms with van der Waals surface area (Å²) >= 11 is 14.3. The molecular formula is C6H12Br4Si. The first-order valence-electron chi connectivity index (χ1n) is 3.69. The van der Waals surface area contributed by atoms with Crippen molar-refractivity contribution in [3.8, 4) is 0 Å². The van der Waals surface area contributed by atoms with Gasteiger partial charge in [0.05, 0.1) is 0 Å². The largest absolute Gasteiger partial charge is 0.267 e. The molecule has 0 saturated heterocycles. The molecule has 5 heteroatoms. The summed E-state index contributed by atoms with van der Waals surface area (Å²) in [6.45, 7) is 0. The smallest absolute Gasteiger partial charge is 0.0964 e. The van der Waals surface area contributed by atoms with Crippen LogP contribution in [0, 0.1) is 0 Å². The Kier molecular flexibility index (Phi) is 9.00. The molecule has 0 aromatic rings. The van der Waals surface area contributed by atoms with Crippen LogP contribution < -0.4 is 0 Å². The van der Waals surface area contributed by atoms with Gasteiger partial charge < -0.3 is 0 Å². The van der Waals surface area contributed by atoms with E-state index >= 15 is 0 Å². The SMILES string of the molecule is BrCCCCCC[Si](Br)(Br)Br. The van der Waals surface area contributed by atoms with E-state index in [1.165, 1.54) is 31.7 Å². The Morgan fingerprint density at radius 3 is 1.82 bits per heavy atom. The van der Waals surface area contributed by atoms with Gasteiger partial charge in [-0.1, -0.05) is 81.1 Å². The molecule has 0 nitrogen and oxygen atoms in total. The summed E-state index contributed by atoms with van der Waals surface area (Å²) in [7, 11) is 0. The molecule has 0 radical (unpaired) electrons. The highest BCUT2D eigenvalue weighted by atomic mass is 80.0. The molecule has 0 aliphatic carbocycles. The van der Waals surface area contributed by atoms with Gasteiger partial charge >= 0.3 is 0 Å². The molecule has 0 aliphatic heterocycles. The van der Waals surface area contributed by atoms with Crippen LogP contribution in [0.1, 0.15) is 25.7 Å². The summed E-state index contributed by atoms with van der Waals surface area (Å²) in [5.74, 6) is 0. The molecule has 68 valence electrons. The summed E-state index contributed by atoms with van der Waals surface area (Å²) in [5, 5.41) is 1.15. The first-order valence-corrected chi connectivity index (χ1v) is 13.8. The van der Waals surface area contributed by atoms with Gasteiger partial charge in [-0.2, -0.15) is 0 Å². The lowest BCUT2D eigenvalue weighted by atomic mass is 10.2. The van der Waals surface area contributed by atoms with Crippen LogP contribution in [0.25, 0.3) is 0 Å². The van der Waals surface area contributed by atoms with Gasteiger partial charge in [-0.3, -0.25) is 0 Å². The van der Waals surface area contributed by atoms with Crippen molar-refractivity contribution in [1.82, 2.24) is 0 Å². The third-order valence-corrected chi connectivity index (χ3v) is 6.39. The predicted molar refractivity (Wildman–Crippen MR) is 69.6 cm³/mol. The van der Waals surface area contributed by atoms with Gasteiger partial charge in [0.1, 0.15) is 0 Å². The van der Waals surface area contributed by atoms with Crippen LogP contribution in [-0.4, -0.2) is 9.26 Å². The Balaban J connectivity index is 3.02. The van der Waals surface area contributed by atoms with Crippen LogP contribution >= 0.6 is 61.8 Å². The minimum Gasteiger partial charge on any atom is -0.0964 e. The molecule has 0 aliphatic rings. The van der Waals surface area contributed by atoms with Gasteiger partial charge in [0.15, 0.2) is 0 Å². The van der Waals surface area contributed by atoms with Crippen molar-refractivity contribution >= 4 is 65.7 Å². The van der Waals surface area contributed by atoms with E-state index in [2.05, 4.69) is 61.8 Å². The lowest BCUT2D eigenvalue weighted by Crippen LogP contribution is -2.04. The summed E-state index contributed by atoms with van der Waals surface area (Å²) < 4.78 is -1.29. The average Bonchev–Trinajstić information content (AvgIpc) is 1.85. The fraction of sp³-hybridized carbons (Fsp3) is 1.00. The molecule has 0 amide bonds. The lowest BCUT2D eigenvalue weighted by Gasteiger charge is -2.07. The molecular weight excluding hydrogens is 420 g/mol. The van der Waals surface area contributed by atoms with Gasteiger partial charge in [-0.05, 0) is 12.5 Å². The van der Waals surface area contributed by atoms with Crippen LogP contribution in [-0.2, 0) is 0 Å². The van der Waals surface area contributed by atoms with E-state index in [-0.39, 0.29) is 0 Å².